The van der Waals surface area contributed by atoms with Crippen LogP contribution in [0.1, 0.15) is 31.9 Å². The lowest BCUT2D eigenvalue weighted by molar-refractivity contribution is 0.687. The van der Waals surface area contributed by atoms with Crippen LogP contribution in [0.3, 0.4) is 0 Å². The zero-order chi connectivity index (χ0) is 9.68. The minimum atomic E-state index is -0.167. The Morgan fingerprint density at radius 3 is 2.85 bits per heavy atom. The molecule has 1 heterocycles. The average molecular weight is 199 g/mol. The number of aromatic amines is 2. The molecule has 2 N–H and O–H groups in total. The Hall–Kier alpha value is -0.970. The van der Waals surface area contributed by atoms with E-state index in [-0.39, 0.29) is 10.3 Å². The SMILES string of the molecule is CCCCCc1n[nH]c(=S)[nH]c1=O. The normalized spacial score (nSPS) is 10.2. The Balaban J connectivity index is 2.67. The fraction of sp³-hybridized carbons (Fsp3) is 0.625. The summed E-state index contributed by atoms with van der Waals surface area (Å²) in [4.78, 5) is 13.7. The van der Waals surface area contributed by atoms with Crippen molar-refractivity contribution in [2.24, 2.45) is 0 Å². The van der Waals surface area contributed by atoms with Gasteiger partial charge in [0.15, 0.2) is 4.77 Å². The van der Waals surface area contributed by atoms with E-state index in [1.54, 1.807) is 0 Å². The summed E-state index contributed by atoms with van der Waals surface area (Å²) < 4.78 is 0.282. The topological polar surface area (TPSA) is 61.5 Å². The highest BCUT2D eigenvalue weighted by Crippen LogP contribution is 1.98. The molecule has 13 heavy (non-hydrogen) atoms. The maximum atomic E-state index is 11.2. The second kappa shape index (κ2) is 4.91. The molecule has 1 rings (SSSR count). The number of nitrogens with one attached hydrogen (secondary N) is 2. The lowest BCUT2D eigenvalue weighted by Gasteiger charge is -1.96. The van der Waals surface area contributed by atoms with Crippen LogP contribution in [0, 0.1) is 4.77 Å². The van der Waals surface area contributed by atoms with Crippen molar-refractivity contribution in [3.63, 3.8) is 0 Å². The molecule has 0 unspecified atom stereocenters. The molecule has 0 atom stereocenters. The number of rotatable bonds is 4. The molecule has 0 bridgehead atoms. The predicted molar refractivity (Wildman–Crippen MR) is 53.3 cm³/mol. The van der Waals surface area contributed by atoms with Gasteiger partial charge in [0, 0.05) is 0 Å². The Bertz CT molecular complexity index is 368. The van der Waals surface area contributed by atoms with Crippen LogP contribution in [-0.2, 0) is 6.42 Å². The molecule has 4 nitrogen and oxygen atoms in total. The van der Waals surface area contributed by atoms with E-state index in [1.165, 1.54) is 0 Å². The minimum absolute atomic E-state index is 0.167. The molecule has 0 spiro atoms. The molecule has 0 saturated carbocycles. The van der Waals surface area contributed by atoms with E-state index in [4.69, 9.17) is 12.2 Å². The van der Waals surface area contributed by atoms with Gasteiger partial charge in [0.05, 0.1) is 0 Å². The van der Waals surface area contributed by atoms with Gasteiger partial charge in [-0.25, -0.2) is 0 Å². The van der Waals surface area contributed by atoms with Crippen LogP contribution in [0.2, 0.25) is 0 Å². The molecule has 5 heteroatoms. The van der Waals surface area contributed by atoms with Crippen molar-refractivity contribution in [3.05, 3.63) is 20.8 Å². The van der Waals surface area contributed by atoms with Gasteiger partial charge in [0.1, 0.15) is 5.69 Å². The van der Waals surface area contributed by atoms with Crippen molar-refractivity contribution < 1.29 is 0 Å². The first-order valence-corrected chi connectivity index (χ1v) is 4.82. The van der Waals surface area contributed by atoms with Crippen molar-refractivity contribution in [1.82, 2.24) is 15.2 Å². The standard InChI is InChI=1S/C8H13N3OS/c1-2-3-4-5-6-7(12)9-8(13)11-10-6/h2-5H2,1H3,(H2,9,11,12,13). The van der Waals surface area contributed by atoms with Gasteiger partial charge in [-0.2, -0.15) is 5.10 Å². The molecule has 1 aromatic rings. The van der Waals surface area contributed by atoms with E-state index in [0.717, 1.165) is 25.7 Å². The maximum Gasteiger partial charge on any atom is 0.273 e. The Morgan fingerprint density at radius 2 is 2.23 bits per heavy atom. The van der Waals surface area contributed by atoms with Crippen molar-refractivity contribution in [1.29, 1.82) is 0 Å². The fourth-order valence-electron chi connectivity index (χ4n) is 1.08. The van der Waals surface area contributed by atoms with Crippen molar-refractivity contribution in [2.45, 2.75) is 32.6 Å². The van der Waals surface area contributed by atoms with E-state index < -0.39 is 0 Å². The molecule has 0 saturated heterocycles. The summed E-state index contributed by atoms with van der Waals surface area (Å²) in [5, 5.41) is 6.45. The molecular weight excluding hydrogens is 186 g/mol. The minimum Gasteiger partial charge on any atom is -0.296 e. The summed E-state index contributed by atoms with van der Waals surface area (Å²) >= 11 is 4.72. The number of aromatic nitrogens is 3. The number of aryl methyl sites for hydroxylation is 1. The second-order valence-electron chi connectivity index (χ2n) is 2.91. The van der Waals surface area contributed by atoms with E-state index in [1.807, 2.05) is 0 Å². The average Bonchev–Trinajstić information content (AvgIpc) is 2.09. The second-order valence-corrected chi connectivity index (χ2v) is 3.32. The fourth-order valence-corrected chi connectivity index (χ4v) is 1.22. The number of nitrogens with zero attached hydrogens (tertiary/aromatic N) is 1. The van der Waals surface area contributed by atoms with Crippen LogP contribution in [-0.4, -0.2) is 15.2 Å². The predicted octanol–water partition coefficient (Wildman–Crippen LogP) is 1.56. The Kier molecular flexibility index (Phi) is 3.82. The maximum absolute atomic E-state index is 11.2. The van der Waals surface area contributed by atoms with Crippen LogP contribution in [0.15, 0.2) is 4.79 Å². The van der Waals surface area contributed by atoms with Crippen LogP contribution >= 0.6 is 12.2 Å². The third-order valence-electron chi connectivity index (χ3n) is 1.80. The molecule has 0 aliphatic rings. The van der Waals surface area contributed by atoms with Gasteiger partial charge in [-0.1, -0.05) is 19.8 Å². The first-order chi connectivity index (χ1) is 6.24. The van der Waals surface area contributed by atoms with Crippen LogP contribution in [0.5, 0.6) is 0 Å². The van der Waals surface area contributed by atoms with Crippen molar-refractivity contribution >= 4 is 12.2 Å². The number of hydrogen-bond donors (Lipinski definition) is 2. The quantitative estimate of drug-likeness (QED) is 0.571. The Labute approximate surface area is 81.4 Å². The molecule has 1 aromatic heterocycles. The van der Waals surface area contributed by atoms with Gasteiger partial charge in [-0.15, -0.1) is 0 Å². The van der Waals surface area contributed by atoms with Crippen molar-refractivity contribution in [2.75, 3.05) is 0 Å². The van der Waals surface area contributed by atoms with Crippen molar-refractivity contribution in [3.8, 4) is 0 Å². The highest BCUT2D eigenvalue weighted by molar-refractivity contribution is 7.71. The van der Waals surface area contributed by atoms with E-state index in [9.17, 15) is 4.79 Å². The number of unbranched alkanes of at least 4 members (excludes halogenated alkanes) is 2. The zero-order valence-electron chi connectivity index (χ0n) is 7.59. The van der Waals surface area contributed by atoms with Crippen LogP contribution in [0.25, 0.3) is 0 Å². The molecule has 0 radical (unpaired) electrons. The number of H-pyrrole nitrogens is 2. The molecule has 0 aromatic carbocycles. The van der Waals surface area contributed by atoms with Crippen LogP contribution < -0.4 is 5.56 Å². The molecule has 0 fully saturated rings. The highest BCUT2D eigenvalue weighted by atomic mass is 32.1. The highest BCUT2D eigenvalue weighted by Gasteiger charge is 1.99. The molecule has 72 valence electrons. The summed E-state index contributed by atoms with van der Waals surface area (Å²) in [7, 11) is 0. The Morgan fingerprint density at radius 1 is 1.46 bits per heavy atom. The number of hydrogen-bond acceptors (Lipinski definition) is 3. The van der Waals surface area contributed by atoms with Gasteiger partial charge in [-0.05, 0) is 25.1 Å². The van der Waals surface area contributed by atoms with Crippen LogP contribution in [0.4, 0.5) is 0 Å². The molecule has 0 aliphatic heterocycles. The van der Waals surface area contributed by atoms with Gasteiger partial charge in [0.25, 0.3) is 5.56 Å². The lowest BCUT2D eigenvalue weighted by atomic mass is 10.2. The lowest BCUT2D eigenvalue weighted by Crippen LogP contribution is -2.16. The molecule has 0 amide bonds. The first kappa shape index (κ1) is 10.1. The summed E-state index contributed by atoms with van der Waals surface area (Å²) in [6, 6.07) is 0. The van der Waals surface area contributed by atoms with Gasteiger partial charge in [0.2, 0.25) is 0 Å². The molecular formula is C8H13N3OS. The summed E-state index contributed by atoms with van der Waals surface area (Å²) in [6.07, 6.45) is 3.98. The first-order valence-electron chi connectivity index (χ1n) is 4.42. The third kappa shape index (κ3) is 3.10. The zero-order valence-corrected chi connectivity index (χ0v) is 8.41. The molecule has 0 aliphatic carbocycles. The third-order valence-corrected chi connectivity index (χ3v) is 1.99. The van der Waals surface area contributed by atoms with E-state index >= 15 is 0 Å². The van der Waals surface area contributed by atoms with Gasteiger partial charge < -0.3 is 0 Å². The monoisotopic (exact) mass is 199 g/mol. The smallest absolute Gasteiger partial charge is 0.273 e. The van der Waals surface area contributed by atoms with E-state index in [2.05, 4.69) is 22.1 Å². The van der Waals surface area contributed by atoms with Gasteiger partial charge in [-0.3, -0.25) is 14.9 Å². The largest absolute Gasteiger partial charge is 0.296 e. The summed E-state index contributed by atoms with van der Waals surface area (Å²) in [5.74, 6) is 0. The summed E-state index contributed by atoms with van der Waals surface area (Å²) in [6.45, 7) is 2.12. The van der Waals surface area contributed by atoms with Gasteiger partial charge >= 0.3 is 0 Å². The summed E-state index contributed by atoms with van der Waals surface area (Å²) in [5.41, 5.74) is 0.377. The van der Waals surface area contributed by atoms with E-state index in [0.29, 0.717) is 5.69 Å².